The number of halogens is 2. The van der Waals surface area contributed by atoms with Crippen molar-refractivity contribution in [1.29, 1.82) is 0 Å². The minimum atomic E-state index is -4.52. The van der Waals surface area contributed by atoms with E-state index in [9.17, 15) is 8.42 Å². The Labute approximate surface area is 62.0 Å². The number of rotatable bonds is 2. The Balaban J connectivity index is 4.07. The standard InChI is InChI=1S/C2H2Cl2O4S/c3-1-2(4)8-9(5,6)7/h1H,(H,5,6,7)/b2-1+. The molecule has 9 heavy (non-hydrogen) atoms. The van der Waals surface area contributed by atoms with Crippen molar-refractivity contribution in [3.8, 4) is 0 Å². The van der Waals surface area contributed by atoms with Crippen LogP contribution >= 0.6 is 23.2 Å². The first kappa shape index (κ1) is 9.03. The van der Waals surface area contributed by atoms with Crippen LogP contribution in [0.1, 0.15) is 0 Å². The molecule has 7 heteroatoms. The van der Waals surface area contributed by atoms with E-state index in [1.165, 1.54) is 0 Å². The van der Waals surface area contributed by atoms with Crippen molar-refractivity contribution in [1.82, 2.24) is 0 Å². The smallest absolute Gasteiger partial charge is 0.348 e. The summed E-state index contributed by atoms with van der Waals surface area (Å²) in [5, 5.41) is -0.612. The molecule has 0 rings (SSSR count). The Morgan fingerprint density at radius 1 is 1.67 bits per heavy atom. The molecule has 0 spiro atoms. The van der Waals surface area contributed by atoms with Crippen LogP contribution in [0.15, 0.2) is 10.8 Å². The van der Waals surface area contributed by atoms with Crippen LogP contribution in [0.3, 0.4) is 0 Å². The van der Waals surface area contributed by atoms with Crippen LogP contribution in [-0.2, 0) is 14.6 Å². The second-order valence-electron chi connectivity index (χ2n) is 0.924. The van der Waals surface area contributed by atoms with E-state index >= 15 is 0 Å². The van der Waals surface area contributed by atoms with Crippen LogP contribution in [0.25, 0.3) is 0 Å². The predicted octanol–water partition coefficient (Wildman–Crippen LogP) is 1.08. The normalized spacial score (nSPS) is 13.4. The minimum Gasteiger partial charge on any atom is -0.348 e. The van der Waals surface area contributed by atoms with Gasteiger partial charge in [0, 0.05) is 0 Å². The molecule has 0 aromatic rings. The van der Waals surface area contributed by atoms with Gasteiger partial charge in [0.05, 0.1) is 5.54 Å². The molecule has 4 nitrogen and oxygen atoms in total. The SMILES string of the molecule is O=S(=O)(O)O/C(Cl)=C/Cl. The highest BCUT2D eigenvalue weighted by Gasteiger charge is 2.05. The summed E-state index contributed by atoms with van der Waals surface area (Å²) in [6.45, 7) is 0. The average Bonchev–Trinajstić information content (AvgIpc) is 1.62. The Morgan fingerprint density at radius 2 is 2.11 bits per heavy atom. The van der Waals surface area contributed by atoms with Crippen LogP contribution < -0.4 is 0 Å². The van der Waals surface area contributed by atoms with Crippen molar-refractivity contribution in [3.63, 3.8) is 0 Å². The van der Waals surface area contributed by atoms with Crippen molar-refractivity contribution >= 4 is 33.6 Å². The summed E-state index contributed by atoms with van der Waals surface area (Å²) in [6.07, 6.45) is 0. The zero-order valence-corrected chi connectivity index (χ0v) is 6.24. The van der Waals surface area contributed by atoms with Gasteiger partial charge in [-0.2, -0.15) is 8.42 Å². The molecule has 0 unspecified atom stereocenters. The molecule has 0 aromatic heterocycles. The van der Waals surface area contributed by atoms with Gasteiger partial charge in [-0.15, -0.1) is 0 Å². The van der Waals surface area contributed by atoms with Crippen LogP contribution in [0, 0.1) is 0 Å². The molecule has 0 saturated carbocycles. The third-order valence-electron chi connectivity index (χ3n) is 0.271. The van der Waals surface area contributed by atoms with Gasteiger partial charge in [0.25, 0.3) is 0 Å². The molecule has 1 N–H and O–H groups in total. The molecule has 0 amide bonds. The molecule has 0 aliphatic heterocycles. The number of hydrogen-bond acceptors (Lipinski definition) is 3. The fraction of sp³-hybridized carbons (Fsp3) is 0. The van der Waals surface area contributed by atoms with E-state index in [0.29, 0.717) is 5.54 Å². The first-order valence-corrected chi connectivity index (χ1v) is 3.76. The highest BCUT2D eigenvalue weighted by molar-refractivity contribution is 7.81. The summed E-state index contributed by atoms with van der Waals surface area (Å²) in [5.74, 6) is 0. The third kappa shape index (κ3) is 5.91. The minimum absolute atomic E-state index is 0.612. The van der Waals surface area contributed by atoms with Crippen LogP contribution in [0.4, 0.5) is 0 Å². The van der Waals surface area contributed by atoms with Gasteiger partial charge in [0.15, 0.2) is 0 Å². The van der Waals surface area contributed by atoms with E-state index in [-0.39, 0.29) is 0 Å². The van der Waals surface area contributed by atoms with Crippen LogP contribution in [0.5, 0.6) is 0 Å². The lowest BCUT2D eigenvalue weighted by molar-refractivity contribution is 0.349. The van der Waals surface area contributed by atoms with Crippen LogP contribution in [-0.4, -0.2) is 13.0 Å². The topological polar surface area (TPSA) is 63.6 Å². The third-order valence-corrected chi connectivity index (χ3v) is 1.25. The Bertz CT molecular complexity index is 205. The van der Waals surface area contributed by atoms with Crippen molar-refractivity contribution < 1.29 is 17.2 Å². The molecule has 0 aromatic carbocycles. The Hall–Kier alpha value is 0.0300. The van der Waals surface area contributed by atoms with Gasteiger partial charge >= 0.3 is 10.4 Å². The van der Waals surface area contributed by atoms with Gasteiger partial charge < -0.3 is 4.18 Å². The lowest BCUT2D eigenvalue weighted by Gasteiger charge is -1.94. The molecule has 0 aliphatic carbocycles. The van der Waals surface area contributed by atoms with Gasteiger partial charge in [-0.05, 0) is 11.6 Å². The predicted molar refractivity (Wildman–Crippen MR) is 32.4 cm³/mol. The Morgan fingerprint density at radius 3 is 2.22 bits per heavy atom. The van der Waals surface area contributed by atoms with E-state index < -0.39 is 15.6 Å². The molecule has 0 atom stereocenters. The van der Waals surface area contributed by atoms with Crippen molar-refractivity contribution in [2.45, 2.75) is 0 Å². The maximum absolute atomic E-state index is 9.75. The van der Waals surface area contributed by atoms with E-state index in [1.54, 1.807) is 0 Å². The highest BCUT2D eigenvalue weighted by atomic mass is 35.5. The summed E-state index contributed by atoms with van der Waals surface area (Å²) in [6, 6.07) is 0. The quantitative estimate of drug-likeness (QED) is 0.526. The highest BCUT2D eigenvalue weighted by Crippen LogP contribution is 2.07. The summed E-state index contributed by atoms with van der Waals surface area (Å²) in [5.41, 5.74) is 0.662. The van der Waals surface area contributed by atoms with Crippen molar-refractivity contribution in [2.24, 2.45) is 0 Å². The van der Waals surface area contributed by atoms with Gasteiger partial charge in [-0.1, -0.05) is 11.6 Å². The van der Waals surface area contributed by atoms with E-state index in [0.717, 1.165) is 0 Å². The summed E-state index contributed by atoms with van der Waals surface area (Å²) >= 11 is 9.78. The van der Waals surface area contributed by atoms with Gasteiger partial charge in [-0.3, -0.25) is 4.55 Å². The average molecular weight is 193 g/mol. The van der Waals surface area contributed by atoms with Crippen molar-refractivity contribution in [3.05, 3.63) is 10.8 Å². The van der Waals surface area contributed by atoms with Gasteiger partial charge in [-0.25, -0.2) is 0 Å². The second kappa shape index (κ2) is 3.26. The fourth-order valence-corrected chi connectivity index (χ4v) is 0.704. The van der Waals surface area contributed by atoms with Gasteiger partial charge in [0.2, 0.25) is 5.22 Å². The zero-order valence-electron chi connectivity index (χ0n) is 3.91. The first-order chi connectivity index (χ1) is 3.95. The molecule has 54 valence electrons. The second-order valence-corrected chi connectivity index (χ2v) is 2.54. The summed E-state index contributed by atoms with van der Waals surface area (Å²) in [4.78, 5) is 0. The zero-order chi connectivity index (χ0) is 7.49. The van der Waals surface area contributed by atoms with E-state index in [1.807, 2.05) is 0 Å². The maximum Gasteiger partial charge on any atom is 0.447 e. The Kier molecular flexibility index (Phi) is 3.27. The summed E-state index contributed by atoms with van der Waals surface area (Å²) < 4.78 is 31.0. The van der Waals surface area contributed by atoms with Crippen LogP contribution in [0.2, 0.25) is 0 Å². The molecule has 0 aliphatic rings. The molecule has 0 heterocycles. The first-order valence-electron chi connectivity index (χ1n) is 1.58. The van der Waals surface area contributed by atoms with E-state index in [4.69, 9.17) is 27.8 Å². The maximum atomic E-state index is 9.75. The molecule has 0 saturated heterocycles. The molecule has 0 radical (unpaired) electrons. The molecule has 0 bridgehead atoms. The number of hydrogen-bond donors (Lipinski definition) is 1. The summed E-state index contributed by atoms with van der Waals surface area (Å²) in [7, 11) is -4.52. The van der Waals surface area contributed by atoms with E-state index in [2.05, 4.69) is 4.18 Å². The molecular weight excluding hydrogens is 191 g/mol. The molecule has 0 fully saturated rings. The van der Waals surface area contributed by atoms with Gasteiger partial charge in [0.1, 0.15) is 0 Å². The van der Waals surface area contributed by atoms with Crippen molar-refractivity contribution in [2.75, 3.05) is 0 Å². The molecular formula is C2H2Cl2O4S. The largest absolute Gasteiger partial charge is 0.447 e. The lowest BCUT2D eigenvalue weighted by atomic mass is 11.2. The fourth-order valence-electron chi connectivity index (χ4n) is 0.119. The monoisotopic (exact) mass is 192 g/mol. The lowest BCUT2D eigenvalue weighted by Crippen LogP contribution is -1.99.